The van der Waals surface area contributed by atoms with Crippen molar-refractivity contribution < 1.29 is 19.1 Å². The fourth-order valence-electron chi connectivity index (χ4n) is 5.84. The largest absolute Gasteiger partial charge is 0.491 e. The van der Waals surface area contributed by atoms with E-state index < -0.39 is 0 Å². The minimum absolute atomic E-state index is 0.0392. The number of fused-ring (bicyclic) bond motifs is 7. The molecule has 4 aromatic rings. The number of likely N-dealkylation sites (N-methyl/N-ethyl adjacent to an activating group) is 1. The van der Waals surface area contributed by atoms with Crippen molar-refractivity contribution >= 4 is 28.5 Å². The van der Waals surface area contributed by atoms with Crippen LogP contribution >= 0.6 is 0 Å². The average Bonchev–Trinajstić information content (AvgIpc) is 3.42. The number of nitrogens with zero attached hydrogens (tertiary/aromatic N) is 3. The maximum absolute atomic E-state index is 13.5. The van der Waals surface area contributed by atoms with Crippen LogP contribution in [0.25, 0.3) is 21.9 Å². The number of ether oxygens (including phenoxy) is 1. The summed E-state index contributed by atoms with van der Waals surface area (Å²) in [6.45, 7) is 1.80. The normalized spacial score (nSPS) is 19.7. The molecule has 3 aromatic carbocycles. The molecule has 1 saturated heterocycles. The van der Waals surface area contributed by atoms with Gasteiger partial charge in [-0.3, -0.25) is 24.3 Å². The van der Waals surface area contributed by atoms with Crippen LogP contribution in [0.2, 0.25) is 0 Å². The second-order valence-electron chi connectivity index (χ2n) is 11.4. The van der Waals surface area contributed by atoms with Crippen molar-refractivity contribution in [1.29, 1.82) is 0 Å². The first kappa shape index (κ1) is 28.4. The van der Waals surface area contributed by atoms with Crippen molar-refractivity contribution in [1.82, 2.24) is 25.4 Å². The predicted molar refractivity (Wildman–Crippen MR) is 165 cm³/mol. The molecule has 43 heavy (non-hydrogen) atoms. The minimum Gasteiger partial charge on any atom is -0.491 e. The molecule has 2 atom stereocenters. The first-order chi connectivity index (χ1) is 20.9. The monoisotopic (exact) mass is 577 g/mol. The van der Waals surface area contributed by atoms with E-state index in [1.165, 1.54) is 0 Å². The number of benzene rings is 3. The van der Waals surface area contributed by atoms with Gasteiger partial charge in [0.2, 0.25) is 11.8 Å². The number of carbonyl (C=O) groups is 3. The summed E-state index contributed by atoms with van der Waals surface area (Å²) in [5, 5.41) is 8.33. The zero-order chi connectivity index (χ0) is 29.8. The number of hydrogen-bond acceptors (Lipinski definition) is 6. The number of carbonyl (C=O) groups excluding carboxylic acids is 3. The van der Waals surface area contributed by atoms with Gasteiger partial charge in [0.1, 0.15) is 12.4 Å². The van der Waals surface area contributed by atoms with Crippen LogP contribution < -0.4 is 15.4 Å². The fourth-order valence-corrected chi connectivity index (χ4v) is 5.84. The summed E-state index contributed by atoms with van der Waals surface area (Å²) in [5.74, 6) is 0.334. The zero-order valence-corrected chi connectivity index (χ0v) is 24.2. The average molecular weight is 578 g/mol. The number of nitrogens with one attached hydrogen (secondary N) is 2. The summed E-state index contributed by atoms with van der Waals surface area (Å²) in [5.41, 5.74) is 3.11. The first-order valence-corrected chi connectivity index (χ1v) is 14.6. The van der Waals surface area contributed by atoms with Crippen LogP contribution in [0.3, 0.4) is 0 Å². The Morgan fingerprint density at radius 3 is 2.70 bits per heavy atom. The lowest BCUT2D eigenvalue weighted by Crippen LogP contribution is -2.46. The molecule has 220 valence electrons. The van der Waals surface area contributed by atoms with Gasteiger partial charge >= 0.3 is 0 Å². The molecule has 2 aliphatic heterocycles. The van der Waals surface area contributed by atoms with Gasteiger partial charge in [0, 0.05) is 43.6 Å². The standard InChI is InChI=1S/C34H35N5O4/c1-38-12-11-36-34(42)28-15-27(18-35-19-28)26-7-4-8-31(16-26)43-22-30-17-29(20-39(30)33(41)21-38)37-32(40)14-23-9-10-24-5-2-3-6-25(24)13-23/h2-10,13,15-16,18-19,29-30H,11-12,14,17,20-22H2,1H3,(H,36,42)(H,37,40). The third-order valence-electron chi connectivity index (χ3n) is 8.07. The molecule has 2 N–H and O–H groups in total. The topological polar surface area (TPSA) is 104 Å². The molecular formula is C34H35N5O4. The van der Waals surface area contributed by atoms with Crippen LogP contribution in [-0.4, -0.2) is 84.4 Å². The van der Waals surface area contributed by atoms with E-state index in [1.54, 1.807) is 12.4 Å². The maximum Gasteiger partial charge on any atom is 0.252 e. The molecular weight excluding hydrogens is 542 g/mol. The lowest BCUT2D eigenvalue weighted by molar-refractivity contribution is -0.133. The van der Waals surface area contributed by atoms with Crippen LogP contribution in [0.1, 0.15) is 22.3 Å². The summed E-state index contributed by atoms with van der Waals surface area (Å²) in [6.07, 6.45) is 4.14. The van der Waals surface area contributed by atoms with Gasteiger partial charge < -0.3 is 20.3 Å². The molecule has 3 amide bonds. The molecule has 0 aliphatic carbocycles. The van der Waals surface area contributed by atoms with Gasteiger partial charge in [-0.25, -0.2) is 0 Å². The van der Waals surface area contributed by atoms with Gasteiger partial charge in [-0.05, 0) is 53.6 Å². The highest BCUT2D eigenvalue weighted by Crippen LogP contribution is 2.26. The Morgan fingerprint density at radius 1 is 0.977 bits per heavy atom. The van der Waals surface area contributed by atoms with E-state index in [1.807, 2.05) is 83.6 Å². The fraction of sp³-hybridized carbons (Fsp3) is 0.294. The Kier molecular flexibility index (Phi) is 8.33. The van der Waals surface area contributed by atoms with Crippen molar-refractivity contribution in [2.45, 2.75) is 24.9 Å². The van der Waals surface area contributed by atoms with E-state index in [9.17, 15) is 14.4 Å². The van der Waals surface area contributed by atoms with Crippen molar-refractivity contribution in [3.8, 4) is 16.9 Å². The van der Waals surface area contributed by atoms with Gasteiger partial charge in [0.05, 0.1) is 24.6 Å². The Labute approximate surface area is 250 Å². The van der Waals surface area contributed by atoms with Crippen molar-refractivity contribution in [2.75, 3.05) is 39.8 Å². The number of rotatable bonds is 3. The van der Waals surface area contributed by atoms with Gasteiger partial charge in [0.25, 0.3) is 5.91 Å². The molecule has 2 aliphatic rings. The van der Waals surface area contributed by atoms with E-state index in [2.05, 4.69) is 21.7 Å². The molecule has 2 unspecified atom stereocenters. The zero-order valence-electron chi connectivity index (χ0n) is 24.2. The van der Waals surface area contributed by atoms with Crippen LogP contribution in [-0.2, 0) is 16.0 Å². The van der Waals surface area contributed by atoms with Gasteiger partial charge in [-0.2, -0.15) is 0 Å². The highest BCUT2D eigenvalue weighted by molar-refractivity contribution is 5.95. The predicted octanol–water partition coefficient (Wildman–Crippen LogP) is 3.28. The van der Waals surface area contributed by atoms with Crippen LogP contribution in [0.5, 0.6) is 5.75 Å². The number of aromatic nitrogens is 1. The molecule has 6 rings (SSSR count). The molecule has 9 heteroatoms. The number of hydrogen-bond donors (Lipinski definition) is 2. The Balaban J connectivity index is 1.18. The van der Waals surface area contributed by atoms with Gasteiger partial charge in [0.15, 0.2) is 0 Å². The maximum atomic E-state index is 13.5. The second kappa shape index (κ2) is 12.6. The van der Waals surface area contributed by atoms with E-state index in [-0.39, 0.29) is 42.8 Å². The quantitative estimate of drug-likeness (QED) is 0.388. The van der Waals surface area contributed by atoms with E-state index in [4.69, 9.17) is 4.74 Å². The van der Waals surface area contributed by atoms with Crippen LogP contribution in [0.15, 0.2) is 85.2 Å². The lowest BCUT2D eigenvalue weighted by atomic mass is 10.0. The smallest absolute Gasteiger partial charge is 0.252 e. The molecule has 1 aromatic heterocycles. The molecule has 0 saturated carbocycles. The first-order valence-electron chi connectivity index (χ1n) is 14.6. The van der Waals surface area contributed by atoms with E-state index >= 15 is 0 Å². The minimum atomic E-state index is -0.215. The van der Waals surface area contributed by atoms with E-state index in [0.717, 1.165) is 27.5 Å². The van der Waals surface area contributed by atoms with Crippen LogP contribution in [0.4, 0.5) is 0 Å². The summed E-state index contributed by atoms with van der Waals surface area (Å²) in [7, 11) is 1.86. The van der Waals surface area contributed by atoms with Crippen LogP contribution in [0, 0.1) is 0 Å². The Bertz CT molecular complexity index is 1660. The summed E-state index contributed by atoms with van der Waals surface area (Å²) in [4.78, 5) is 47.3. The SMILES string of the molecule is CN1CCNC(=O)c2cncc(c2)-c2cccc(c2)OCC2CC(NC(=O)Cc3ccc4ccccc4c3)CN2C(=O)C1. The Hall–Kier alpha value is -4.76. The van der Waals surface area contributed by atoms with Gasteiger partial charge in [-0.1, -0.05) is 54.6 Å². The highest BCUT2D eigenvalue weighted by atomic mass is 16.5. The second-order valence-corrected chi connectivity index (χ2v) is 11.4. The van der Waals surface area contributed by atoms with Crippen molar-refractivity contribution in [2.24, 2.45) is 0 Å². The molecule has 9 nitrogen and oxygen atoms in total. The molecule has 0 spiro atoms. The summed E-state index contributed by atoms with van der Waals surface area (Å²) < 4.78 is 6.22. The highest BCUT2D eigenvalue weighted by Gasteiger charge is 2.36. The molecule has 4 bridgehead atoms. The molecule has 3 heterocycles. The Morgan fingerprint density at radius 2 is 1.81 bits per heavy atom. The van der Waals surface area contributed by atoms with Gasteiger partial charge in [-0.15, -0.1) is 0 Å². The summed E-state index contributed by atoms with van der Waals surface area (Å²) in [6, 6.07) is 23.2. The molecule has 1 fully saturated rings. The number of amides is 3. The van der Waals surface area contributed by atoms with E-state index in [0.29, 0.717) is 44.0 Å². The van der Waals surface area contributed by atoms with Crippen molar-refractivity contribution in [3.63, 3.8) is 0 Å². The number of pyridine rings is 1. The van der Waals surface area contributed by atoms with Crippen molar-refractivity contribution in [3.05, 3.63) is 96.3 Å². The third kappa shape index (κ3) is 6.84. The summed E-state index contributed by atoms with van der Waals surface area (Å²) >= 11 is 0. The molecule has 0 radical (unpaired) electrons. The lowest BCUT2D eigenvalue weighted by Gasteiger charge is -2.27. The third-order valence-corrected chi connectivity index (χ3v) is 8.07.